The normalized spacial score (nSPS) is 23.6. The van der Waals surface area contributed by atoms with E-state index in [1.807, 2.05) is 0 Å². The molecule has 1 heterocycles. The Kier molecular flexibility index (Phi) is 3.52. The molecule has 0 aromatic heterocycles. The number of hydrogen-bond acceptors (Lipinski definition) is 3. The highest BCUT2D eigenvalue weighted by Gasteiger charge is 2.32. The Morgan fingerprint density at radius 3 is 2.29 bits per heavy atom. The lowest BCUT2D eigenvalue weighted by molar-refractivity contribution is 0.182. The van der Waals surface area contributed by atoms with E-state index < -0.39 is 10.2 Å². The zero-order valence-corrected chi connectivity index (χ0v) is 9.60. The average Bonchev–Trinajstić information content (AvgIpc) is 2.19. The molecule has 0 atom stereocenters. The molecule has 0 radical (unpaired) electrons. The Bertz CT molecular complexity index is 281. The number of nitrogens with two attached hydrogens (primary N) is 1. The van der Waals surface area contributed by atoms with E-state index >= 15 is 0 Å². The molecule has 0 aromatic rings. The molecule has 14 heavy (non-hydrogen) atoms. The smallest absolute Gasteiger partial charge is 0.279 e. The summed E-state index contributed by atoms with van der Waals surface area (Å²) in [5.41, 5.74) is 5.75. The van der Waals surface area contributed by atoms with Crippen molar-refractivity contribution >= 4 is 10.2 Å². The fourth-order valence-electron chi connectivity index (χ4n) is 1.60. The predicted octanol–water partition coefficient (Wildman–Crippen LogP) is -0.489. The summed E-state index contributed by atoms with van der Waals surface area (Å²) >= 11 is 0. The van der Waals surface area contributed by atoms with Crippen LogP contribution >= 0.6 is 0 Å². The lowest BCUT2D eigenvalue weighted by Crippen LogP contribution is -2.47. The van der Waals surface area contributed by atoms with E-state index in [-0.39, 0.29) is 5.41 Å². The highest BCUT2D eigenvalue weighted by Crippen LogP contribution is 2.30. The fraction of sp³-hybridized carbons (Fsp3) is 1.00. The van der Waals surface area contributed by atoms with Gasteiger partial charge in [-0.25, -0.2) is 4.72 Å². The lowest BCUT2D eigenvalue weighted by Gasteiger charge is -2.37. The summed E-state index contributed by atoms with van der Waals surface area (Å²) in [6.45, 7) is 3.87. The van der Waals surface area contributed by atoms with Gasteiger partial charge in [0.25, 0.3) is 10.2 Å². The maximum Gasteiger partial charge on any atom is 0.279 e. The van der Waals surface area contributed by atoms with Crippen molar-refractivity contribution in [3.8, 4) is 0 Å². The molecule has 5 nitrogen and oxygen atoms in total. The van der Waals surface area contributed by atoms with Gasteiger partial charge in [-0.1, -0.05) is 6.92 Å². The number of nitrogens with zero attached hydrogens (tertiary/aromatic N) is 1. The van der Waals surface area contributed by atoms with Gasteiger partial charge in [0.1, 0.15) is 0 Å². The largest absolute Gasteiger partial charge is 0.330 e. The van der Waals surface area contributed by atoms with E-state index in [9.17, 15) is 8.42 Å². The molecular weight excluding hydrogens is 202 g/mol. The molecular formula is C8H19N3O2S. The Morgan fingerprint density at radius 2 is 1.93 bits per heavy atom. The van der Waals surface area contributed by atoms with Gasteiger partial charge >= 0.3 is 0 Å². The van der Waals surface area contributed by atoms with Gasteiger partial charge in [-0.15, -0.1) is 0 Å². The Labute approximate surface area is 85.8 Å². The van der Waals surface area contributed by atoms with Crippen molar-refractivity contribution < 1.29 is 8.42 Å². The minimum Gasteiger partial charge on any atom is -0.330 e. The Morgan fingerprint density at radius 1 is 1.43 bits per heavy atom. The van der Waals surface area contributed by atoms with Crippen LogP contribution in [0.1, 0.15) is 19.8 Å². The summed E-state index contributed by atoms with van der Waals surface area (Å²) in [7, 11) is -1.80. The van der Waals surface area contributed by atoms with Crippen LogP contribution in [0.2, 0.25) is 0 Å². The van der Waals surface area contributed by atoms with Crippen LogP contribution in [0.15, 0.2) is 0 Å². The Balaban J connectivity index is 2.60. The molecule has 84 valence electrons. The summed E-state index contributed by atoms with van der Waals surface area (Å²) < 4.78 is 26.7. The third-order valence-electron chi connectivity index (χ3n) is 3.02. The van der Waals surface area contributed by atoms with Gasteiger partial charge in [-0.2, -0.15) is 12.7 Å². The topological polar surface area (TPSA) is 75.4 Å². The van der Waals surface area contributed by atoms with Gasteiger partial charge in [0.2, 0.25) is 0 Å². The van der Waals surface area contributed by atoms with Crippen LogP contribution in [0.5, 0.6) is 0 Å². The molecule has 0 bridgehead atoms. The summed E-state index contributed by atoms with van der Waals surface area (Å²) in [5, 5.41) is 0. The second kappa shape index (κ2) is 4.14. The zero-order valence-electron chi connectivity index (χ0n) is 8.78. The summed E-state index contributed by atoms with van der Waals surface area (Å²) in [6, 6.07) is 0. The van der Waals surface area contributed by atoms with Crippen molar-refractivity contribution in [1.82, 2.24) is 9.03 Å². The monoisotopic (exact) mass is 221 g/mol. The molecule has 1 rings (SSSR count). The SMILES string of the molecule is CNS(=O)(=O)N1CCC(C)(CN)CC1. The first-order chi connectivity index (χ1) is 6.43. The molecule has 0 aromatic carbocycles. The molecule has 0 spiro atoms. The van der Waals surface area contributed by atoms with Gasteiger partial charge in [0.15, 0.2) is 0 Å². The van der Waals surface area contributed by atoms with E-state index in [2.05, 4.69) is 11.6 Å². The van der Waals surface area contributed by atoms with Crippen molar-refractivity contribution in [2.24, 2.45) is 11.1 Å². The van der Waals surface area contributed by atoms with Crippen LogP contribution in [0.3, 0.4) is 0 Å². The first-order valence-electron chi connectivity index (χ1n) is 4.82. The number of rotatable bonds is 3. The highest BCUT2D eigenvalue weighted by molar-refractivity contribution is 7.87. The first kappa shape index (κ1) is 11.9. The molecule has 1 aliphatic rings. The second-order valence-electron chi connectivity index (χ2n) is 4.12. The molecule has 0 amide bonds. The van der Waals surface area contributed by atoms with Gasteiger partial charge in [0, 0.05) is 20.1 Å². The predicted molar refractivity (Wildman–Crippen MR) is 55.9 cm³/mol. The van der Waals surface area contributed by atoms with Crippen LogP contribution in [0.25, 0.3) is 0 Å². The summed E-state index contributed by atoms with van der Waals surface area (Å²) in [4.78, 5) is 0. The third-order valence-corrected chi connectivity index (χ3v) is 4.58. The van der Waals surface area contributed by atoms with Crippen molar-refractivity contribution in [3.05, 3.63) is 0 Å². The maximum absolute atomic E-state index is 11.4. The highest BCUT2D eigenvalue weighted by atomic mass is 32.2. The molecule has 1 saturated heterocycles. The molecule has 0 unspecified atom stereocenters. The third kappa shape index (κ3) is 2.44. The van der Waals surface area contributed by atoms with Crippen molar-refractivity contribution in [1.29, 1.82) is 0 Å². The van der Waals surface area contributed by atoms with E-state index in [0.29, 0.717) is 19.6 Å². The zero-order chi connectivity index (χ0) is 10.8. The van der Waals surface area contributed by atoms with E-state index in [1.54, 1.807) is 0 Å². The number of nitrogens with one attached hydrogen (secondary N) is 1. The van der Waals surface area contributed by atoms with Crippen LogP contribution in [0, 0.1) is 5.41 Å². The molecule has 0 saturated carbocycles. The van der Waals surface area contributed by atoms with Gasteiger partial charge in [-0.05, 0) is 24.8 Å². The molecule has 3 N–H and O–H groups in total. The van der Waals surface area contributed by atoms with Crippen LogP contribution < -0.4 is 10.5 Å². The van der Waals surface area contributed by atoms with E-state index in [1.165, 1.54) is 11.4 Å². The second-order valence-corrected chi connectivity index (χ2v) is 6.00. The van der Waals surface area contributed by atoms with Crippen LogP contribution in [0.4, 0.5) is 0 Å². The average molecular weight is 221 g/mol. The molecule has 0 aliphatic carbocycles. The molecule has 6 heteroatoms. The van der Waals surface area contributed by atoms with E-state index in [0.717, 1.165) is 12.8 Å². The minimum absolute atomic E-state index is 0.111. The number of piperidine rings is 1. The molecule has 1 aliphatic heterocycles. The summed E-state index contributed by atoms with van der Waals surface area (Å²) in [6.07, 6.45) is 1.68. The fourth-order valence-corrected chi connectivity index (χ4v) is 2.52. The molecule has 1 fully saturated rings. The maximum atomic E-state index is 11.4. The van der Waals surface area contributed by atoms with Crippen molar-refractivity contribution in [2.45, 2.75) is 19.8 Å². The quantitative estimate of drug-likeness (QED) is 0.675. The van der Waals surface area contributed by atoms with Crippen molar-refractivity contribution in [3.63, 3.8) is 0 Å². The Hall–Kier alpha value is -0.170. The standard InChI is InChI=1S/C8H19N3O2S/c1-8(7-9)3-5-11(6-4-8)14(12,13)10-2/h10H,3-7,9H2,1-2H3. The van der Waals surface area contributed by atoms with E-state index in [4.69, 9.17) is 5.73 Å². The lowest BCUT2D eigenvalue weighted by atomic mass is 9.81. The summed E-state index contributed by atoms with van der Waals surface area (Å²) in [5.74, 6) is 0. The van der Waals surface area contributed by atoms with Crippen LogP contribution in [-0.2, 0) is 10.2 Å². The van der Waals surface area contributed by atoms with Crippen molar-refractivity contribution in [2.75, 3.05) is 26.7 Å². The van der Waals surface area contributed by atoms with Gasteiger partial charge in [0.05, 0.1) is 0 Å². The first-order valence-corrected chi connectivity index (χ1v) is 6.26. The number of hydrogen-bond donors (Lipinski definition) is 2. The van der Waals surface area contributed by atoms with Crippen LogP contribution in [-0.4, -0.2) is 39.4 Å². The van der Waals surface area contributed by atoms with Gasteiger partial charge < -0.3 is 5.73 Å². The minimum atomic E-state index is -3.24. The van der Waals surface area contributed by atoms with Gasteiger partial charge in [-0.3, -0.25) is 0 Å².